The van der Waals surface area contributed by atoms with Gasteiger partial charge in [-0.05, 0) is 76.2 Å². The van der Waals surface area contributed by atoms with Crippen molar-refractivity contribution in [3.8, 4) is 0 Å². The summed E-state index contributed by atoms with van der Waals surface area (Å²) < 4.78 is 1.68. The molecule has 3 rings (SSSR count). The van der Waals surface area contributed by atoms with Crippen LogP contribution in [-0.2, 0) is 11.3 Å². The number of carbonyl (C=O) groups excluding carboxylic acids is 2. The number of aromatic nitrogens is 1. The molecule has 1 aromatic heterocycles. The molecule has 174 valence electrons. The van der Waals surface area contributed by atoms with Crippen molar-refractivity contribution in [3.05, 3.63) is 45.2 Å². The van der Waals surface area contributed by atoms with Crippen LogP contribution >= 0.6 is 0 Å². The van der Waals surface area contributed by atoms with E-state index in [0.717, 1.165) is 42.4 Å². The van der Waals surface area contributed by atoms with Gasteiger partial charge in [0.2, 0.25) is 5.91 Å². The molecule has 7 nitrogen and oxygen atoms in total. The molecule has 1 aromatic carbocycles. The number of pyridine rings is 1. The summed E-state index contributed by atoms with van der Waals surface area (Å²) >= 11 is 0. The van der Waals surface area contributed by atoms with Crippen molar-refractivity contribution in [2.24, 2.45) is 0 Å². The SMILES string of the molecule is CCC(=O)NCCn1c(=O)c(C)cc2cc(C)c(C(=O)N(C(C)C)[C@@H]3CCCNC3)cc21. The van der Waals surface area contributed by atoms with Crippen molar-refractivity contribution in [2.45, 2.75) is 72.5 Å². The number of aryl methyl sites for hydroxylation is 2. The average molecular weight is 441 g/mol. The van der Waals surface area contributed by atoms with Crippen molar-refractivity contribution in [1.29, 1.82) is 0 Å². The van der Waals surface area contributed by atoms with Gasteiger partial charge >= 0.3 is 0 Å². The first-order valence-electron chi connectivity index (χ1n) is 11.7. The molecule has 1 atom stereocenters. The van der Waals surface area contributed by atoms with Crippen LogP contribution in [0.3, 0.4) is 0 Å². The van der Waals surface area contributed by atoms with E-state index in [2.05, 4.69) is 24.5 Å². The number of amides is 2. The molecule has 0 unspecified atom stereocenters. The maximum Gasteiger partial charge on any atom is 0.254 e. The number of carbonyl (C=O) groups is 2. The van der Waals surface area contributed by atoms with Crippen LogP contribution in [0.25, 0.3) is 10.9 Å². The topological polar surface area (TPSA) is 83.4 Å². The van der Waals surface area contributed by atoms with Crippen molar-refractivity contribution < 1.29 is 9.59 Å². The lowest BCUT2D eigenvalue weighted by atomic mass is 9.99. The molecular weight excluding hydrogens is 404 g/mol. The van der Waals surface area contributed by atoms with Crippen LogP contribution in [0.4, 0.5) is 0 Å². The molecule has 32 heavy (non-hydrogen) atoms. The largest absolute Gasteiger partial charge is 0.354 e. The Morgan fingerprint density at radius 1 is 1.22 bits per heavy atom. The van der Waals surface area contributed by atoms with Gasteiger partial charge in [-0.15, -0.1) is 0 Å². The lowest BCUT2D eigenvalue weighted by Gasteiger charge is -2.38. The van der Waals surface area contributed by atoms with Crippen LogP contribution in [0.15, 0.2) is 23.0 Å². The van der Waals surface area contributed by atoms with Gasteiger partial charge in [-0.3, -0.25) is 14.4 Å². The molecular formula is C25H36N4O3. The Labute approximate surface area is 190 Å². The maximum absolute atomic E-state index is 13.7. The van der Waals surface area contributed by atoms with E-state index in [1.54, 1.807) is 18.4 Å². The molecule has 1 aliphatic heterocycles. The Morgan fingerprint density at radius 3 is 2.56 bits per heavy atom. The Bertz CT molecular complexity index is 1050. The third-order valence-corrected chi connectivity index (χ3v) is 6.28. The van der Waals surface area contributed by atoms with E-state index in [-0.39, 0.29) is 29.5 Å². The molecule has 2 amide bonds. The van der Waals surface area contributed by atoms with Gasteiger partial charge in [0.25, 0.3) is 11.5 Å². The summed E-state index contributed by atoms with van der Waals surface area (Å²) in [6.45, 7) is 12.2. The first-order valence-corrected chi connectivity index (χ1v) is 11.7. The van der Waals surface area contributed by atoms with E-state index in [4.69, 9.17) is 0 Å². The lowest BCUT2D eigenvalue weighted by Crippen LogP contribution is -2.51. The van der Waals surface area contributed by atoms with Gasteiger partial charge in [0.15, 0.2) is 0 Å². The van der Waals surface area contributed by atoms with Crippen LogP contribution in [0.1, 0.15) is 61.5 Å². The number of fused-ring (bicyclic) bond motifs is 1. The molecule has 1 saturated heterocycles. The average Bonchev–Trinajstić information content (AvgIpc) is 2.76. The zero-order valence-corrected chi connectivity index (χ0v) is 20.0. The molecule has 0 radical (unpaired) electrons. The third kappa shape index (κ3) is 5.04. The first kappa shape index (κ1) is 24.0. The highest BCUT2D eigenvalue weighted by atomic mass is 16.2. The van der Waals surface area contributed by atoms with E-state index in [9.17, 15) is 14.4 Å². The van der Waals surface area contributed by atoms with Crippen LogP contribution in [0.2, 0.25) is 0 Å². The second kappa shape index (κ2) is 10.3. The highest BCUT2D eigenvalue weighted by Gasteiger charge is 2.29. The Hall–Kier alpha value is -2.67. The lowest BCUT2D eigenvalue weighted by molar-refractivity contribution is -0.120. The minimum absolute atomic E-state index is 0.00644. The number of piperidine rings is 1. The molecule has 1 fully saturated rings. The summed E-state index contributed by atoms with van der Waals surface area (Å²) in [7, 11) is 0. The molecule has 2 heterocycles. The molecule has 0 saturated carbocycles. The van der Waals surface area contributed by atoms with Crippen LogP contribution in [-0.4, -0.2) is 53.0 Å². The predicted octanol–water partition coefficient (Wildman–Crippen LogP) is 2.75. The van der Waals surface area contributed by atoms with Crippen molar-refractivity contribution >= 4 is 22.7 Å². The number of nitrogens with zero attached hydrogens (tertiary/aromatic N) is 2. The van der Waals surface area contributed by atoms with E-state index >= 15 is 0 Å². The second-order valence-corrected chi connectivity index (χ2v) is 9.02. The molecule has 1 aliphatic rings. The standard InChI is InChI=1S/C25H36N4O3/c1-6-23(30)27-10-11-28-22-14-21(17(4)12-19(22)13-18(5)24(28)31)25(32)29(16(2)3)20-8-7-9-26-15-20/h12-14,16,20,26H,6-11,15H2,1-5H3,(H,27,30)/t20-/m1/s1. The number of nitrogens with one attached hydrogen (secondary N) is 2. The Kier molecular flexibility index (Phi) is 7.72. The van der Waals surface area contributed by atoms with Gasteiger partial charge < -0.3 is 20.1 Å². The quantitative estimate of drug-likeness (QED) is 0.694. The zero-order valence-electron chi connectivity index (χ0n) is 20.0. The highest BCUT2D eigenvalue weighted by Crippen LogP contribution is 2.24. The normalized spacial score (nSPS) is 16.4. The summed E-state index contributed by atoms with van der Waals surface area (Å²) in [5.74, 6) is -0.0395. The van der Waals surface area contributed by atoms with Crippen LogP contribution in [0, 0.1) is 13.8 Å². The Morgan fingerprint density at radius 2 is 1.94 bits per heavy atom. The molecule has 0 aliphatic carbocycles. The summed E-state index contributed by atoms with van der Waals surface area (Å²) in [5, 5.41) is 7.17. The monoisotopic (exact) mass is 440 g/mol. The maximum atomic E-state index is 13.7. The van der Waals surface area contributed by atoms with E-state index < -0.39 is 0 Å². The van der Waals surface area contributed by atoms with Gasteiger partial charge in [-0.25, -0.2) is 0 Å². The number of hydrogen-bond donors (Lipinski definition) is 2. The molecule has 2 aromatic rings. The minimum atomic E-state index is -0.0947. The molecule has 0 bridgehead atoms. The van der Waals surface area contributed by atoms with E-state index in [0.29, 0.717) is 30.6 Å². The fourth-order valence-electron chi connectivity index (χ4n) is 4.60. The highest BCUT2D eigenvalue weighted by molar-refractivity contribution is 6.00. The van der Waals surface area contributed by atoms with Crippen LogP contribution in [0.5, 0.6) is 0 Å². The fourth-order valence-corrected chi connectivity index (χ4v) is 4.60. The molecule has 2 N–H and O–H groups in total. The van der Waals surface area contributed by atoms with Gasteiger partial charge in [-0.2, -0.15) is 0 Å². The van der Waals surface area contributed by atoms with Gasteiger partial charge in [0.05, 0.1) is 5.52 Å². The zero-order chi connectivity index (χ0) is 23.4. The summed E-state index contributed by atoms with van der Waals surface area (Å²) in [5.41, 5.74) is 2.82. The van der Waals surface area contributed by atoms with Gasteiger partial charge in [0, 0.05) is 49.3 Å². The van der Waals surface area contributed by atoms with Crippen LogP contribution < -0.4 is 16.2 Å². The second-order valence-electron chi connectivity index (χ2n) is 9.02. The number of benzene rings is 1. The summed E-state index contributed by atoms with van der Waals surface area (Å²) in [4.78, 5) is 40.3. The van der Waals surface area contributed by atoms with Crippen molar-refractivity contribution in [2.75, 3.05) is 19.6 Å². The Balaban J connectivity index is 2.03. The number of hydrogen-bond acceptors (Lipinski definition) is 4. The van der Waals surface area contributed by atoms with Gasteiger partial charge in [-0.1, -0.05) is 6.92 Å². The van der Waals surface area contributed by atoms with E-state index in [1.807, 2.05) is 30.0 Å². The first-order chi connectivity index (χ1) is 15.2. The predicted molar refractivity (Wildman–Crippen MR) is 128 cm³/mol. The number of rotatable bonds is 7. The smallest absolute Gasteiger partial charge is 0.254 e. The molecule has 0 spiro atoms. The third-order valence-electron chi connectivity index (χ3n) is 6.28. The minimum Gasteiger partial charge on any atom is -0.354 e. The summed E-state index contributed by atoms with van der Waals surface area (Å²) in [6, 6.07) is 5.97. The van der Waals surface area contributed by atoms with Crippen molar-refractivity contribution in [1.82, 2.24) is 20.1 Å². The van der Waals surface area contributed by atoms with Gasteiger partial charge in [0.1, 0.15) is 0 Å². The van der Waals surface area contributed by atoms with Crippen molar-refractivity contribution in [3.63, 3.8) is 0 Å². The summed E-state index contributed by atoms with van der Waals surface area (Å²) in [6.07, 6.45) is 2.45. The van der Waals surface area contributed by atoms with E-state index in [1.165, 1.54) is 0 Å². The molecule has 7 heteroatoms. The fraction of sp³-hybridized carbons (Fsp3) is 0.560.